The molecule has 2 fully saturated rings. The van der Waals surface area contributed by atoms with Crippen molar-refractivity contribution in [3.63, 3.8) is 0 Å². The molecule has 0 spiro atoms. The number of carboxylic acid groups (broad SMARTS) is 1. The van der Waals surface area contributed by atoms with E-state index in [9.17, 15) is 70.9 Å². The van der Waals surface area contributed by atoms with Crippen molar-refractivity contribution in [2.45, 2.75) is 176 Å². The van der Waals surface area contributed by atoms with Crippen molar-refractivity contribution >= 4 is 11.9 Å². The Morgan fingerprint density at radius 3 is 1.73 bits per heavy atom. The number of carbonyl (C=O) groups is 2. The molecule has 0 saturated carbocycles. The number of ether oxygens (including phenoxy) is 4. The second kappa shape index (κ2) is 27.5. The highest BCUT2D eigenvalue weighted by molar-refractivity contribution is 5.71. The minimum absolute atomic E-state index is 0.308. The van der Waals surface area contributed by atoms with Gasteiger partial charge in [-0.2, -0.15) is 0 Å². The van der Waals surface area contributed by atoms with E-state index in [2.05, 4.69) is 0 Å². The van der Waals surface area contributed by atoms with Gasteiger partial charge in [0.2, 0.25) is 0 Å². The van der Waals surface area contributed by atoms with Crippen molar-refractivity contribution in [3.05, 3.63) is 85.1 Å². The normalized spacial score (nSPS) is 46.1. The highest BCUT2D eigenvalue weighted by atomic mass is 16.7. The SMILES string of the molecule is C[C@@H]1[C@H](O)[C@@H](C)\C=C/C=C\C=C/C=C\C=C/C=C\C=C\[C@H](O[C@@H]2O[C@H](C)[C@@H](O)[C@H](N)[C@@H]2O)C[C@@H]2O[C@](O)(C[C@@H](O)C[C@@H](O)[C@H](O)[C@@H](O)C[C@@H](O)C[C@@H](O)CC(=O)O[C@H]1C)C[C@H](O)[C@H]2C(=O)O. The molecule has 3 aliphatic rings. The van der Waals surface area contributed by atoms with Crippen molar-refractivity contribution in [2.75, 3.05) is 0 Å². The van der Waals surface area contributed by atoms with Gasteiger partial charge in [0, 0.05) is 43.9 Å². The summed E-state index contributed by atoms with van der Waals surface area (Å²) in [6, 6.07) is -1.17. The number of carboxylic acids is 1. The lowest BCUT2D eigenvalue weighted by molar-refractivity contribution is -0.308. The van der Waals surface area contributed by atoms with E-state index in [1.165, 1.54) is 13.0 Å². The fourth-order valence-corrected chi connectivity index (χ4v) is 8.05. The average Bonchev–Trinajstić information content (AvgIpc) is 3.22. The molecule has 0 unspecified atom stereocenters. The van der Waals surface area contributed by atoms with E-state index < -0.39 is 166 Å². The molecule has 3 rings (SSSR count). The number of carbonyl (C=O) groups excluding carboxylic acids is 1. The molecule has 0 aliphatic carbocycles. The van der Waals surface area contributed by atoms with Crippen LogP contribution >= 0.6 is 0 Å². The fourth-order valence-electron chi connectivity index (χ4n) is 8.05. The maximum Gasteiger partial charge on any atom is 0.311 e. The lowest BCUT2D eigenvalue weighted by atomic mass is 9.82. The van der Waals surface area contributed by atoms with Crippen molar-refractivity contribution < 1.29 is 89.8 Å². The molecule has 374 valence electrons. The van der Waals surface area contributed by atoms with Gasteiger partial charge >= 0.3 is 11.9 Å². The van der Waals surface area contributed by atoms with E-state index in [-0.39, 0.29) is 12.3 Å². The molecule has 0 radical (unpaired) electrons. The van der Waals surface area contributed by atoms with Gasteiger partial charge in [0.15, 0.2) is 12.1 Å². The predicted molar refractivity (Wildman–Crippen MR) is 238 cm³/mol. The maximum atomic E-state index is 12.6. The predicted octanol–water partition coefficient (Wildman–Crippen LogP) is -0.317. The lowest BCUT2D eigenvalue weighted by Crippen LogP contribution is -2.61. The van der Waals surface area contributed by atoms with Crippen LogP contribution in [-0.2, 0) is 28.5 Å². The summed E-state index contributed by atoms with van der Waals surface area (Å²) in [4.78, 5) is 25.1. The molecule has 2 bridgehead atoms. The van der Waals surface area contributed by atoms with E-state index in [1.807, 2.05) is 6.92 Å². The Labute approximate surface area is 385 Å². The third-order valence-corrected chi connectivity index (χ3v) is 12.1. The molecule has 0 aromatic carbocycles. The van der Waals surface area contributed by atoms with E-state index in [0.29, 0.717) is 0 Å². The molecule has 19 nitrogen and oxygen atoms in total. The topological polar surface area (TPSA) is 340 Å². The summed E-state index contributed by atoms with van der Waals surface area (Å²) in [5.41, 5.74) is 6.01. The Bertz CT molecular complexity index is 1700. The van der Waals surface area contributed by atoms with Crippen LogP contribution in [0.2, 0.25) is 0 Å². The number of aliphatic carboxylic acids is 1. The van der Waals surface area contributed by atoms with Gasteiger partial charge in [0.1, 0.15) is 24.2 Å². The zero-order chi connectivity index (χ0) is 49.3. The fraction of sp³-hybridized carbons (Fsp3) is 0.660. The first-order chi connectivity index (χ1) is 31.0. The first-order valence-electron chi connectivity index (χ1n) is 22.4. The minimum atomic E-state index is -2.40. The lowest BCUT2D eigenvalue weighted by Gasteiger charge is -2.45. The van der Waals surface area contributed by atoms with Gasteiger partial charge < -0.3 is 86.0 Å². The van der Waals surface area contributed by atoms with Crippen molar-refractivity contribution in [1.29, 1.82) is 0 Å². The number of hydrogen-bond acceptors (Lipinski definition) is 18. The summed E-state index contributed by atoms with van der Waals surface area (Å²) < 4.78 is 23.1. The molecule has 3 heterocycles. The van der Waals surface area contributed by atoms with Crippen molar-refractivity contribution in [2.24, 2.45) is 23.5 Å². The number of nitrogens with two attached hydrogens (primary N) is 1. The van der Waals surface area contributed by atoms with Gasteiger partial charge in [-0.25, -0.2) is 0 Å². The Kier molecular flexibility index (Phi) is 23.7. The molecule has 3 aliphatic heterocycles. The highest BCUT2D eigenvalue weighted by Crippen LogP contribution is 2.38. The summed E-state index contributed by atoms with van der Waals surface area (Å²) in [6.07, 6.45) is -0.958. The third kappa shape index (κ3) is 18.2. The number of esters is 1. The van der Waals surface area contributed by atoms with Crippen LogP contribution in [0.3, 0.4) is 0 Å². The highest BCUT2D eigenvalue weighted by Gasteiger charge is 2.51. The third-order valence-electron chi connectivity index (χ3n) is 12.1. The largest absolute Gasteiger partial charge is 0.481 e. The monoisotopic (exact) mass is 939 g/mol. The summed E-state index contributed by atoms with van der Waals surface area (Å²) >= 11 is 0. The number of allylic oxidation sites excluding steroid dienone is 12. The summed E-state index contributed by atoms with van der Waals surface area (Å²) in [5.74, 6) is -7.09. The minimum Gasteiger partial charge on any atom is -0.481 e. The molecular formula is C47H73NO18. The summed E-state index contributed by atoms with van der Waals surface area (Å²) in [6.45, 7) is 6.65. The standard InChI is InChI=1S/C47H73NO18/c1-26-17-15-13-11-9-7-5-6-8-10-12-14-16-18-33(65-46-44(59)40(48)42(57)29(4)64-46)23-37-39(45(60)61)36(54)25-47(62,66-37)24-32(51)21-35(53)43(58)34(52)20-30(49)19-31(50)22-38(55)63-28(3)27(2)41(26)56/h5-18,26-37,39-44,46,49-54,56-59,62H,19-25,48H2,1-4H3,(H,60,61)/b6-5-,9-7-,10-8-,13-11-,14-12-,17-15-,18-16+/t26-,27-,28-,29+,30-,31+,32-,33-,34-,35+,36-,37-,39+,40-,41+,42+,43+,44-,46-,47+/m0/s1. The van der Waals surface area contributed by atoms with Gasteiger partial charge in [-0.05, 0) is 20.3 Å². The first-order valence-corrected chi connectivity index (χ1v) is 22.4. The molecule has 2 saturated heterocycles. The molecule has 66 heavy (non-hydrogen) atoms. The molecule has 0 aromatic rings. The molecule has 0 aromatic heterocycles. The molecule has 0 amide bonds. The van der Waals surface area contributed by atoms with Crippen LogP contribution in [0.25, 0.3) is 0 Å². The van der Waals surface area contributed by atoms with Crippen LogP contribution in [0.15, 0.2) is 85.1 Å². The molecular weight excluding hydrogens is 867 g/mol. The van der Waals surface area contributed by atoms with Crippen LogP contribution in [0.1, 0.15) is 72.6 Å². The van der Waals surface area contributed by atoms with Gasteiger partial charge in [0.05, 0.1) is 79.6 Å². The quantitative estimate of drug-likeness (QED) is 0.161. The van der Waals surface area contributed by atoms with Crippen LogP contribution in [0.4, 0.5) is 0 Å². The molecule has 19 heteroatoms. The second-order valence-electron chi connectivity index (χ2n) is 17.7. The Morgan fingerprint density at radius 1 is 0.636 bits per heavy atom. The molecule has 14 N–H and O–H groups in total. The van der Waals surface area contributed by atoms with E-state index in [0.717, 1.165) is 0 Å². The smallest absolute Gasteiger partial charge is 0.311 e. The van der Waals surface area contributed by atoms with Crippen LogP contribution in [0, 0.1) is 17.8 Å². The number of hydrogen-bond donors (Lipinski definition) is 13. The number of aliphatic hydroxyl groups is 11. The van der Waals surface area contributed by atoms with Crippen molar-refractivity contribution in [1.82, 2.24) is 0 Å². The number of fused-ring (bicyclic) bond motifs is 2. The van der Waals surface area contributed by atoms with Gasteiger partial charge in [-0.1, -0.05) is 98.9 Å². The maximum absolute atomic E-state index is 12.6. The van der Waals surface area contributed by atoms with Gasteiger partial charge in [0.25, 0.3) is 0 Å². The van der Waals surface area contributed by atoms with E-state index >= 15 is 0 Å². The first kappa shape index (κ1) is 56.8. The zero-order valence-corrected chi connectivity index (χ0v) is 37.9. The number of cyclic esters (lactones) is 1. The Morgan fingerprint density at radius 2 is 1.17 bits per heavy atom. The van der Waals surface area contributed by atoms with Crippen LogP contribution in [-0.4, -0.2) is 177 Å². The van der Waals surface area contributed by atoms with E-state index in [1.54, 1.807) is 92.8 Å². The number of aliphatic hydroxyl groups excluding tert-OH is 10. The van der Waals surface area contributed by atoms with Gasteiger partial charge in [-0.15, -0.1) is 0 Å². The van der Waals surface area contributed by atoms with E-state index in [4.69, 9.17) is 24.7 Å². The van der Waals surface area contributed by atoms with Crippen LogP contribution < -0.4 is 5.73 Å². The number of rotatable bonds is 3. The van der Waals surface area contributed by atoms with Crippen molar-refractivity contribution in [3.8, 4) is 0 Å². The Hall–Kier alpha value is -3.48. The Balaban J connectivity index is 1.88. The summed E-state index contributed by atoms with van der Waals surface area (Å²) in [7, 11) is 0. The zero-order valence-electron chi connectivity index (χ0n) is 37.9. The summed E-state index contributed by atoms with van der Waals surface area (Å²) in [5, 5.41) is 129. The van der Waals surface area contributed by atoms with Crippen LogP contribution in [0.5, 0.6) is 0 Å². The average molecular weight is 940 g/mol. The second-order valence-corrected chi connectivity index (χ2v) is 17.7. The molecule has 20 atom stereocenters. The van der Waals surface area contributed by atoms with Gasteiger partial charge in [-0.3, -0.25) is 9.59 Å².